The second-order valence-electron chi connectivity index (χ2n) is 5.97. The van der Waals surface area contributed by atoms with Gasteiger partial charge >= 0.3 is 11.9 Å². The van der Waals surface area contributed by atoms with E-state index in [0.717, 1.165) is 21.5 Å². The van der Waals surface area contributed by atoms with Crippen molar-refractivity contribution in [1.29, 1.82) is 0 Å². The van der Waals surface area contributed by atoms with Crippen molar-refractivity contribution in [2.75, 3.05) is 0 Å². The van der Waals surface area contributed by atoms with Crippen LogP contribution in [0.3, 0.4) is 0 Å². The number of halogens is 2. The molecule has 4 aromatic carbocycles. The van der Waals surface area contributed by atoms with Gasteiger partial charge < -0.3 is 10.2 Å². The van der Waals surface area contributed by atoms with E-state index in [1.807, 2.05) is 48.5 Å². The minimum absolute atomic E-state index is 0. The largest absolute Gasteiger partial charge is 0.478 e. The van der Waals surface area contributed by atoms with Crippen molar-refractivity contribution in [3.05, 3.63) is 94.0 Å². The van der Waals surface area contributed by atoms with Crippen LogP contribution in [0.15, 0.2) is 72.8 Å². The van der Waals surface area contributed by atoms with E-state index in [2.05, 4.69) is 0 Å². The Morgan fingerprint density at radius 1 is 0.586 bits per heavy atom. The zero-order valence-electron chi connectivity index (χ0n) is 15.1. The van der Waals surface area contributed by atoms with Gasteiger partial charge in [0.15, 0.2) is 0 Å². The summed E-state index contributed by atoms with van der Waals surface area (Å²) in [7, 11) is 0. The first-order valence-electron chi connectivity index (χ1n) is 8.20. The third-order valence-corrected chi connectivity index (χ3v) is 4.76. The van der Waals surface area contributed by atoms with Gasteiger partial charge in [-0.25, -0.2) is 9.59 Å². The van der Waals surface area contributed by atoms with E-state index in [1.165, 1.54) is 0 Å². The first kappa shape index (κ1) is 23.1. The van der Waals surface area contributed by atoms with Crippen LogP contribution in [0.4, 0.5) is 0 Å². The van der Waals surface area contributed by atoms with Crippen LogP contribution in [0.1, 0.15) is 20.7 Å². The second-order valence-corrected chi connectivity index (χ2v) is 6.78. The summed E-state index contributed by atoms with van der Waals surface area (Å²) in [4.78, 5) is 21.6. The first-order valence-corrected chi connectivity index (χ1v) is 8.95. The number of fused-ring (bicyclic) bond motifs is 2. The maximum atomic E-state index is 10.8. The Balaban J connectivity index is 0.000000200. The molecule has 0 saturated heterocycles. The van der Waals surface area contributed by atoms with Crippen LogP contribution in [0, 0.1) is 0 Å². The van der Waals surface area contributed by atoms with Gasteiger partial charge in [-0.15, -0.1) is 0 Å². The van der Waals surface area contributed by atoms with E-state index in [-0.39, 0.29) is 48.5 Å². The maximum absolute atomic E-state index is 10.8. The molecule has 0 bridgehead atoms. The van der Waals surface area contributed by atoms with Gasteiger partial charge in [0.2, 0.25) is 0 Å². The molecule has 0 atom stereocenters. The summed E-state index contributed by atoms with van der Waals surface area (Å²) < 4.78 is 0. The van der Waals surface area contributed by atoms with E-state index < -0.39 is 11.9 Å². The Hall–Kier alpha value is -2.16. The van der Waals surface area contributed by atoms with Gasteiger partial charge in [0, 0.05) is 27.3 Å². The molecule has 0 aromatic heterocycles. The van der Waals surface area contributed by atoms with E-state index >= 15 is 0 Å². The molecule has 0 saturated carbocycles. The summed E-state index contributed by atoms with van der Waals surface area (Å²) in [5.74, 6) is -2.00. The van der Waals surface area contributed by atoms with Crippen molar-refractivity contribution in [1.82, 2.24) is 0 Å². The van der Waals surface area contributed by atoms with Crippen LogP contribution in [0.25, 0.3) is 21.5 Å². The fraction of sp³-hybridized carbons (Fsp3) is 0. The van der Waals surface area contributed by atoms with E-state index in [4.69, 9.17) is 33.4 Å². The summed E-state index contributed by atoms with van der Waals surface area (Å²) in [5.41, 5.74) is 0.288. The topological polar surface area (TPSA) is 74.6 Å². The van der Waals surface area contributed by atoms with Gasteiger partial charge in [-0.1, -0.05) is 71.7 Å². The number of hydrogen-bond acceptors (Lipinski definition) is 2. The molecule has 0 fully saturated rings. The Bertz CT molecular complexity index is 1110. The quantitative estimate of drug-likeness (QED) is 0.298. The molecule has 2 N–H and O–H groups in total. The molecule has 0 spiro atoms. The summed E-state index contributed by atoms with van der Waals surface area (Å²) in [5, 5.41) is 21.9. The van der Waals surface area contributed by atoms with Gasteiger partial charge in [-0.2, -0.15) is 0 Å². The summed E-state index contributed by atoms with van der Waals surface area (Å²) in [6.07, 6.45) is 0. The summed E-state index contributed by atoms with van der Waals surface area (Å²) in [6, 6.07) is 21.5. The first-order chi connectivity index (χ1) is 13.4. The van der Waals surface area contributed by atoms with E-state index in [1.54, 1.807) is 24.3 Å². The Morgan fingerprint density at radius 2 is 0.862 bits per heavy atom. The van der Waals surface area contributed by atoms with Crippen LogP contribution in [-0.2, 0) is 27.3 Å². The molecule has 0 amide bonds. The third-order valence-electron chi connectivity index (χ3n) is 4.13. The number of hydrogen-bond donors (Lipinski definition) is 2. The molecular formula is C22H14CdCl2O4. The minimum Gasteiger partial charge on any atom is -0.478 e. The van der Waals surface area contributed by atoms with Gasteiger partial charge in [-0.3, -0.25) is 0 Å². The predicted molar refractivity (Wildman–Crippen MR) is 112 cm³/mol. The number of rotatable bonds is 2. The van der Waals surface area contributed by atoms with Crippen molar-refractivity contribution < 1.29 is 47.1 Å². The molecule has 4 nitrogen and oxygen atoms in total. The molecule has 7 heteroatoms. The van der Waals surface area contributed by atoms with Crippen LogP contribution in [0.5, 0.6) is 0 Å². The van der Waals surface area contributed by atoms with Crippen molar-refractivity contribution in [2.24, 2.45) is 0 Å². The SMILES string of the molecule is O=C(O)c1cc2ccccc2cc1Cl.O=C(O)c1cc2ccccc2cc1Cl.[Cd]. The fourth-order valence-corrected chi connectivity index (χ4v) is 3.26. The maximum Gasteiger partial charge on any atom is 0.337 e. The monoisotopic (exact) mass is 526 g/mol. The van der Waals surface area contributed by atoms with Crippen molar-refractivity contribution >= 4 is 56.7 Å². The Morgan fingerprint density at radius 3 is 1.14 bits per heavy atom. The molecule has 4 aromatic rings. The molecule has 0 unspecified atom stereocenters. The van der Waals surface area contributed by atoms with Crippen molar-refractivity contribution in [3.8, 4) is 0 Å². The molecule has 0 aliphatic carbocycles. The second kappa shape index (κ2) is 10.0. The number of carboxylic acid groups (broad SMARTS) is 2. The van der Waals surface area contributed by atoms with Gasteiger partial charge in [0.05, 0.1) is 21.2 Å². The van der Waals surface area contributed by atoms with Gasteiger partial charge in [0.25, 0.3) is 0 Å². The molecule has 0 aliphatic rings. The van der Waals surface area contributed by atoms with Crippen LogP contribution < -0.4 is 0 Å². The molecule has 0 radical (unpaired) electrons. The Kier molecular flexibility index (Phi) is 8.01. The number of carbonyl (C=O) groups is 2. The predicted octanol–water partition coefficient (Wildman–Crippen LogP) is 6.38. The molecule has 142 valence electrons. The van der Waals surface area contributed by atoms with Gasteiger partial charge in [-0.05, 0) is 45.8 Å². The molecule has 29 heavy (non-hydrogen) atoms. The molecule has 0 heterocycles. The minimum atomic E-state index is -0.999. The average molecular weight is 526 g/mol. The molecule has 4 rings (SSSR count). The van der Waals surface area contributed by atoms with Crippen molar-refractivity contribution in [2.45, 2.75) is 0 Å². The fourth-order valence-electron chi connectivity index (χ4n) is 2.75. The molecule has 0 aliphatic heterocycles. The van der Waals surface area contributed by atoms with Crippen LogP contribution in [-0.4, -0.2) is 22.2 Å². The molecular weight excluding hydrogens is 512 g/mol. The van der Waals surface area contributed by atoms with Crippen molar-refractivity contribution in [3.63, 3.8) is 0 Å². The average Bonchev–Trinajstić information content (AvgIpc) is 2.67. The standard InChI is InChI=1S/2C11H7ClO2.Cd/c2*12-10-6-8-4-2-1-3-7(8)5-9(10)11(13)14;/h2*1-6H,(H,13,14);. The van der Waals surface area contributed by atoms with E-state index in [0.29, 0.717) is 0 Å². The Labute approximate surface area is 196 Å². The summed E-state index contributed by atoms with van der Waals surface area (Å²) >= 11 is 11.6. The number of carboxylic acids is 2. The zero-order valence-corrected chi connectivity index (χ0v) is 20.7. The van der Waals surface area contributed by atoms with E-state index in [9.17, 15) is 9.59 Å². The normalized spacial score (nSPS) is 10.0. The smallest absolute Gasteiger partial charge is 0.337 e. The van der Waals surface area contributed by atoms with Crippen LogP contribution >= 0.6 is 23.2 Å². The number of aromatic carboxylic acids is 2. The number of benzene rings is 4. The van der Waals surface area contributed by atoms with Gasteiger partial charge in [0.1, 0.15) is 0 Å². The summed E-state index contributed by atoms with van der Waals surface area (Å²) in [6.45, 7) is 0. The van der Waals surface area contributed by atoms with Crippen LogP contribution in [0.2, 0.25) is 10.0 Å². The zero-order chi connectivity index (χ0) is 20.3. The third kappa shape index (κ3) is 5.47.